The van der Waals surface area contributed by atoms with E-state index in [1.165, 1.54) is 44.6 Å². The van der Waals surface area contributed by atoms with Gasteiger partial charge in [0.15, 0.2) is 0 Å². The Morgan fingerprint density at radius 2 is 1.62 bits per heavy atom. The average molecular weight is 394 g/mol. The molecular weight excluding hydrogens is 362 g/mol. The summed E-state index contributed by atoms with van der Waals surface area (Å²) in [6.45, 7) is 2.87. The van der Waals surface area contributed by atoms with Crippen LogP contribution in [0.5, 0.6) is 0 Å². The number of rotatable bonds is 7. The van der Waals surface area contributed by atoms with Crippen molar-refractivity contribution in [3.05, 3.63) is 65.2 Å². The number of amides is 2. The largest absolute Gasteiger partial charge is 0.348 e. The molecule has 1 aliphatic rings. The number of carbonyl (C=O) groups is 2. The molecule has 1 fully saturated rings. The van der Waals surface area contributed by atoms with Gasteiger partial charge in [0.1, 0.15) is 0 Å². The monoisotopic (exact) mass is 393 g/mol. The molecule has 0 bridgehead atoms. The van der Waals surface area contributed by atoms with Gasteiger partial charge in [0, 0.05) is 37.3 Å². The van der Waals surface area contributed by atoms with Crippen LogP contribution in [0.15, 0.2) is 48.5 Å². The quantitative estimate of drug-likeness (QED) is 0.736. The second-order valence-corrected chi connectivity index (χ2v) is 7.92. The number of hydrogen-bond acceptors (Lipinski definition) is 3. The lowest BCUT2D eigenvalue weighted by molar-refractivity contribution is -0.114. The molecule has 0 aromatic heterocycles. The van der Waals surface area contributed by atoms with Crippen molar-refractivity contribution in [3.63, 3.8) is 0 Å². The zero-order chi connectivity index (χ0) is 20.6. The SMILES string of the molecule is CC(=O)Nc1ccc(C(=O)NCc2ccccc2CN(C)C2CCCCC2)cc1. The second kappa shape index (κ2) is 10.2. The predicted molar refractivity (Wildman–Crippen MR) is 117 cm³/mol. The van der Waals surface area contributed by atoms with E-state index in [-0.39, 0.29) is 11.8 Å². The molecule has 2 N–H and O–H groups in total. The molecule has 3 rings (SSSR count). The minimum Gasteiger partial charge on any atom is -0.348 e. The standard InChI is InChI=1S/C24H31N3O2/c1-18(28)26-22-14-12-19(13-15-22)24(29)25-16-20-8-6-7-9-21(20)17-27(2)23-10-4-3-5-11-23/h6-9,12-15,23H,3-5,10-11,16-17H2,1-2H3,(H,25,29)(H,26,28). The van der Waals surface area contributed by atoms with Crippen LogP contribution in [0.4, 0.5) is 5.69 Å². The van der Waals surface area contributed by atoms with Gasteiger partial charge in [0.05, 0.1) is 0 Å². The molecule has 2 aromatic rings. The fourth-order valence-electron chi connectivity index (χ4n) is 3.99. The Balaban J connectivity index is 1.58. The van der Waals surface area contributed by atoms with Gasteiger partial charge in [0.2, 0.25) is 5.91 Å². The first-order valence-corrected chi connectivity index (χ1v) is 10.5. The van der Waals surface area contributed by atoms with Crippen LogP contribution in [-0.2, 0) is 17.9 Å². The van der Waals surface area contributed by atoms with Gasteiger partial charge in [-0.3, -0.25) is 14.5 Å². The van der Waals surface area contributed by atoms with Gasteiger partial charge in [-0.2, -0.15) is 0 Å². The van der Waals surface area contributed by atoms with Crippen molar-refractivity contribution in [3.8, 4) is 0 Å². The molecule has 1 saturated carbocycles. The molecule has 29 heavy (non-hydrogen) atoms. The van der Waals surface area contributed by atoms with Gasteiger partial charge in [-0.1, -0.05) is 43.5 Å². The first-order chi connectivity index (χ1) is 14.0. The van der Waals surface area contributed by atoms with Crippen LogP contribution in [0.1, 0.15) is 60.5 Å². The number of hydrogen-bond donors (Lipinski definition) is 2. The van der Waals surface area contributed by atoms with Crippen LogP contribution in [0.25, 0.3) is 0 Å². The molecule has 5 nitrogen and oxygen atoms in total. The van der Waals surface area contributed by atoms with Crippen molar-refractivity contribution >= 4 is 17.5 Å². The van der Waals surface area contributed by atoms with Crippen LogP contribution >= 0.6 is 0 Å². The third-order valence-electron chi connectivity index (χ3n) is 5.64. The number of benzene rings is 2. The van der Waals surface area contributed by atoms with Crippen LogP contribution in [0, 0.1) is 0 Å². The summed E-state index contributed by atoms with van der Waals surface area (Å²) in [5, 5.41) is 5.73. The van der Waals surface area contributed by atoms with Crippen molar-refractivity contribution in [2.45, 2.75) is 58.2 Å². The van der Waals surface area contributed by atoms with Crippen molar-refractivity contribution in [2.75, 3.05) is 12.4 Å². The Kier molecular flexibility index (Phi) is 7.42. The molecule has 0 aliphatic heterocycles. The van der Waals surface area contributed by atoms with Crippen LogP contribution in [0.3, 0.4) is 0 Å². The summed E-state index contributed by atoms with van der Waals surface area (Å²) in [4.78, 5) is 26.1. The minimum atomic E-state index is -0.128. The molecule has 0 radical (unpaired) electrons. The maximum Gasteiger partial charge on any atom is 0.251 e. The third kappa shape index (κ3) is 6.16. The molecule has 2 aromatic carbocycles. The summed E-state index contributed by atoms with van der Waals surface area (Å²) in [7, 11) is 2.21. The fraction of sp³-hybridized carbons (Fsp3) is 0.417. The highest BCUT2D eigenvalue weighted by Crippen LogP contribution is 2.23. The molecule has 1 aliphatic carbocycles. The van der Waals surface area contributed by atoms with E-state index < -0.39 is 0 Å². The van der Waals surface area contributed by atoms with Crippen molar-refractivity contribution < 1.29 is 9.59 Å². The Hall–Kier alpha value is -2.66. The highest BCUT2D eigenvalue weighted by Gasteiger charge is 2.18. The van der Waals surface area contributed by atoms with Crippen molar-refractivity contribution in [2.24, 2.45) is 0 Å². The molecule has 0 atom stereocenters. The molecule has 5 heteroatoms. The topological polar surface area (TPSA) is 61.4 Å². The van der Waals surface area contributed by atoms with Gasteiger partial charge >= 0.3 is 0 Å². The molecule has 2 amide bonds. The van der Waals surface area contributed by atoms with E-state index in [0.717, 1.165) is 12.1 Å². The van der Waals surface area contributed by atoms with E-state index in [1.54, 1.807) is 24.3 Å². The molecule has 0 saturated heterocycles. The molecule has 0 spiro atoms. The second-order valence-electron chi connectivity index (χ2n) is 7.92. The van der Waals surface area contributed by atoms with E-state index in [1.807, 2.05) is 6.07 Å². The summed E-state index contributed by atoms with van der Waals surface area (Å²) < 4.78 is 0. The molecular formula is C24H31N3O2. The first kappa shape index (κ1) is 21.1. The Bertz CT molecular complexity index is 826. The first-order valence-electron chi connectivity index (χ1n) is 10.5. The number of anilines is 1. The highest BCUT2D eigenvalue weighted by atomic mass is 16.2. The summed E-state index contributed by atoms with van der Waals surface area (Å²) >= 11 is 0. The van der Waals surface area contributed by atoms with Crippen molar-refractivity contribution in [1.29, 1.82) is 0 Å². The zero-order valence-electron chi connectivity index (χ0n) is 17.4. The number of nitrogens with zero attached hydrogens (tertiary/aromatic N) is 1. The minimum absolute atomic E-state index is 0.116. The normalized spacial score (nSPS) is 14.6. The van der Waals surface area contributed by atoms with Crippen molar-refractivity contribution in [1.82, 2.24) is 10.2 Å². The Morgan fingerprint density at radius 3 is 2.28 bits per heavy atom. The fourth-order valence-corrected chi connectivity index (χ4v) is 3.99. The van der Waals surface area contributed by atoms with Gasteiger partial charge in [-0.05, 0) is 55.3 Å². The van der Waals surface area contributed by atoms with Gasteiger partial charge in [-0.15, -0.1) is 0 Å². The van der Waals surface area contributed by atoms with Gasteiger partial charge in [0.25, 0.3) is 5.91 Å². The average Bonchev–Trinajstić information content (AvgIpc) is 2.73. The summed E-state index contributed by atoms with van der Waals surface area (Å²) in [6.07, 6.45) is 6.58. The molecule has 0 unspecified atom stereocenters. The van der Waals surface area contributed by atoms with E-state index in [9.17, 15) is 9.59 Å². The number of nitrogens with one attached hydrogen (secondary N) is 2. The summed E-state index contributed by atoms with van der Waals surface area (Å²) in [6, 6.07) is 15.9. The lowest BCUT2D eigenvalue weighted by Crippen LogP contribution is -2.33. The van der Waals surface area contributed by atoms with E-state index in [4.69, 9.17) is 0 Å². The third-order valence-corrected chi connectivity index (χ3v) is 5.64. The lowest BCUT2D eigenvalue weighted by atomic mass is 9.94. The van der Waals surface area contributed by atoms with E-state index in [0.29, 0.717) is 23.8 Å². The van der Waals surface area contributed by atoms with Gasteiger partial charge in [-0.25, -0.2) is 0 Å². The van der Waals surface area contributed by atoms with Gasteiger partial charge < -0.3 is 10.6 Å². The van der Waals surface area contributed by atoms with E-state index in [2.05, 4.69) is 40.8 Å². The molecule has 0 heterocycles. The van der Waals surface area contributed by atoms with E-state index >= 15 is 0 Å². The molecule has 154 valence electrons. The van der Waals surface area contributed by atoms with Crippen LogP contribution in [0.2, 0.25) is 0 Å². The Labute approximate surface area is 173 Å². The summed E-state index contributed by atoms with van der Waals surface area (Å²) in [5.41, 5.74) is 3.68. The van der Waals surface area contributed by atoms with Crippen LogP contribution < -0.4 is 10.6 Å². The number of carbonyl (C=O) groups excluding carboxylic acids is 2. The maximum atomic E-state index is 12.5. The predicted octanol–water partition coefficient (Wildman–Crippen LogP) is 4.34. The maximum absolute atomic E-state index is 12.5. The smallest absolute Gasteiger partial charge is 0.251 e. The highest BCUT2D eigenvalue weighted by molar-refractivity contribution is 5.95. The lowest BCUT2D eigenvalue weighted by Gasteiger charge is -2.31. The summed E-state index contributed by atoms with van der Waals surface area (Å²) in [5.74, 6) is -0.244. The van der Waals surface area contributed by atoms with Crippen LogP contribution in [-0.4, -0.2) is 29.8 Å². The Morgan fingerprint density at radius 1 is 0.966 bits per heavy atom. The zero-order valence-corrected chi connectivity index (χ0v) is 17.4.